The second-order valence-corrected chi connectivity index (χ2v) is 8.57. The molecule has 2 saturated heterocycles. The van der Waals surface area contributed by atoms with E-state index in [0.717, 1.165) is 51.3 Å². The van der Waals surface area contributed by atoms with Crippen LogP contribution in [0.2, 0.25) is 0 Å². The van der Waals surface area contributed by atoms with Crippen molar-refractivity contribution in [2.24, 2.45) is 5.92 Å². The van der Waals surface area contributed by atoms with Gasteiger partial charge in [-0.3, -0.25) is 14.5 Å². The van der Waals surface area contributed by atoms with Crippen LogP contribution in [-0.4, -0.2) is 82.9 Å². The van der Waals surface area contributed by atoms with Crippen LogP contribution < -0.4 is 10.2 Å². The number of rotatable bonds is 7. The molecule has 0 aliphatic carbocycles. The molecule has 1 aromatic rings. The Kier molecular flexibility index (Phi) is 8.01. The van der Waals surface area contributed by atoms with Gasteiger partial charge in [0.15, 0.2) is 0 Å². The number of piperidine rings is 1. The molecule has 0 radical (unpaired) electrons. The van der Waals surface area contributed by atoms with Crippen LogP contribution in [0.5, 0.6) is 0 Å². The Morgan fingerprint density at radius 1 is 1.13 bits per heavy atom. The van der Waals surface area contributed by atoms with Crippen LogP contribution >= 0.6 is 0 Å². The van der Waals surface area contributed by atoms with Gasteiger partial charge in [-0.15, -0.1) is 0 Å². The van der Waals surface area contributed by atoms with E-state index in [1.807, 2.05) is 17.9 Å². The number of aromatic nitrogens is 2. The van der Waals surface area contributed by atoms with Gasteiger partial charge < -0.3 is 15.1 Å². The van der Waals surface area contributed by atoms with E-state index in [-0.39, 0.29) is 29.8 Å². The maximum absolute atomic E-state index is 13.1. The van der Waals surface area contributed by atoms with Crippen molar-refractivity contribution >= 4 is 17.8 Å². The number of carbonyl (C=O) groups is 2. The summed E-state index contributed by atoms with van der Waals surface area (Å²) in [6.07, 6.45) is 7.40. The Morgan fingerprint density at radius 2 is 1.83 bits per heavy atom. The number of nitrogens with zero attached hydrogens (tertiary/aromatic N) is 5. The first-order chi connectivity index (χ1) is 14.5. The lowest BCUT2D eigenvalue weighted by Gasteiger charge is -2.40. The van der Waals surface area contributed by atoms with Crippen LogP contribution in [0.4, 0.5) is 5.95 Å². The maximum Gasteiger partial charge on any atom is 0.239 e. The van der Waals surface area contributed by atoms with Gasteiger partial charge in [0.2, 0.25) is 17.8 Å². The van der Waals surface area contributed by atoms with Crippen LogP contribution in [0.1, 0.15) is 46.5 Å². The average Bonchev–Trinajstić information content (AvgIpc) is 2.79. The van der Waals surface area contributed by atoms with Crippen LogP contribution in [0.3, 0.4) is 0 Å². The van der Waals surface area contributed by atoms with E-state index in [1.54, 1.807) is 12.4 Å². The summed E-state index contributed by atoms with van der Waals surface area (Å²) < 4.78 is 0. The molecule has 2 amide bonds. The molecule has 0 spiro atoms. The molecular weight excluding hydrogens is 380 g/mol. The molecule has 3 atom stereocenters. The van der Waals surface area contributed by atoms with Gasteiger partial charge in [0, 0.05) is 51.2 Å². The van der Waals surface area contributed by atoms with Gasteiger partial charge in [-0.05, 0) is 45.7 Å². The van der Waals surface area contributed by atoms with E-state index >= 15 is 0 Å². The second kappa shape index (κ2) is 10.7. The van der Waals surface area contributed by atoms with Crippen molar-refractivity contribution in [2.75, 3.05) is 44.2 Å². The summed E-state index contributed by atoms with van der Waals surface area (Å²) in [6, 6.07) is 1.82. The molecule has 30 heavy (non-hydrogen) atoms. The van der Waals surface area contributed by atoms with Crippen LogP contribution in [0.15, 0.2) is 18.5 Å². The predicted octanol–water partition coefficient (Wildman–Crippen LogP) is 1.53. The Bertz CT molecular complexity index is 692. The number of amides is 2. The van der Waals surface area contributed by atoms with Gasteiger partial charge in [-0.2, -0.15) is 0 Å². The van der Waals surface area contributed by atoms with Crippen molar-refractivity contribution in [1.82, 2.24) is 25.1 Å². The quantitative estimate of drug-likeness (QED) is 0.726. The normalized spacial score (nSPS) is 22.4. The Labute approximate surface area is 180 Å². The zero-order valence-corrected chi connectivity index (χ0v) is 18.6. The molecule has 0 aromatic carbocycles. The molecule has 0 bridgehead atoms. The summed E-state index contributed by atoms with van der Waals surface area (Å²) in [4.78, 5) is 40.6. The summed E-state index contributed by atoms with van der Waals surface area (Å²) >= 11 is 0. The summed E-state index contributed by atoms with van der Waals surface area (Å²) in [5, 5.41) is 3.14. The Balaban J connectivity index is 1.50. The molecule has 8 heteroatoms. The first-order valence-electron chi connectivity index (χ1n) is 11.3. The molecule has 2 fully saturated rings. The molecule has 8 nitrogen and oxygen atoms in total. The fraction of sp³-hybridized carbons (Fsp3) is 0.727. The third kappa shape index (κ3) is 5.68. The molecule has 1 aromatic heterocycles. The smallest absolute Gasteiger partial charge is 0.239 e. The molecule has 2 aliphatic heterocycles. The molecule has 3 rings (SSSR count). The van der Waals surface area contributed by atoms with E-state index in [4.69, 9.17) is 0 Å². The topological polar surface area (TPSA) is 81.7 Å². The third-order valence-corrected chi connectivity index (χ3v) is 6.27. The van der Waals surface area contributed by atoms with Gasteiger partial charge >= 0.3 is 0 Å². The second-order valence-electron chi connectivity index (χ2n) is 8.57. The summed E-state index contributed by atoms with van der Waals surface area (Å²) in [7, 11) is 0. The number of carbonyl (C=O) groups excluding carboxylic acids is 2. The van der Waals surface area contributed by atoms with Crippen molar-refractivity contribution in [1.29, 1.82) is 0 Å². The number of anilines is 1. The highest BCUT2D eigenvalue weighted by Crippen LogP contribution is 2.21. The number of piperazine rings is 1. The minimum Gasteiger partial charge on any atom is -0.353 e. The van der Waals surface area contributed by atoms with E-state index < -0.39 is 0 Å². The van der Waals surface area contributed by atoms with Crippen molar-refractivity contribution < 1.29 is 9.59 Å². The minimum atomic E-state index is -0.201. The lowest BCUT2D eigenvalue weighted by molar-refractivity contribution is -0.139. The summed E-state index contributed by atoms with van der Waals surface area (Å²) in [5.41, 5.74) is 0. The van der Waals surface area contributed by atoms with Crippen molar-refractivity contribution in [3.8, 4) is 0 Å². The lowest BCUT2D eigenvalue weighted by atomic mass is 9.95. The van der Waals surface area contributed by atoms with Crippen molar-refractivity contribution in [3.05, 3.63) is 18.5 Å². The first kappa shape index (κ1) is 22.5. The molecule has 1 N–H and O–H groups in total. The van der Waals surface area contributed by atoms with E-state index in [1.165, 1.54) is 0 Å². The lowest BCUT2D eigenvalue weighted by Crippen LogP contribution is -2.56. The zero-order chi connectivity index (χ0) is 21.5. The first-order valence-corrected chi connectivity index (χ1v) is 11.3. The third-order valence-electron chi connectivity index (χ3n) is 6.27. The fourth-order valence-corrected chi connectivity index (χ4v) is 4.44. The molecule has 2 aliphatic rings. The predicted molar refractivity (Wildman–Crippen MR) is 117 cm³/mol. The highest BCUT2D eigenvalue weighted by molar-refractivity contribution is 5.82. The standard InChI is InChI=1S/C22H36N6O2/c1-4-7-17(2)25-20(29)19-8-5-11-28(16-19)18(3)21(30)26-12-14-27(15-13-26)22-23-9-6-10-24-22/h6,9-10,17-19H,4-5,7-8,11-16H2,1-3H3,(H,25,29). The zero-order valence-electron chi connectivity index (χ0n) is 18.6. The van der Waals surface area contributed by atoms with E-state index in [9.17, 15) is 9.59 Å². The van der Waals surface area contributed by atoms with E-state index in [0.29, 0.717) is 19.6 Å². The summed E-state index contributed by atoms with van der Waals surface area (Å²) in [6.45, 7) is 10.5. The van der Waals surface area contributed by atoms with Crippen LogP contribution in [0, 0.1) is 5.92 Å². The Hall–Kier alpha value is -2.22. The number of likely N-dealkylation sites (tertiary alicyclic amines) is 1. The minimum absolute atomic E-state index is 0.0274. The summed E-state index contributed by atoms with van der Waals surface area (Å²) in [5.74, 6) is 0.987. The van der Waals surface area contributed by atoms with Crippen molar-refractivity contribution in [3.63, 3.8) is 0 Å². The number of hydrogen-bond donors (Lipinski definition) is 1. The monoisotopic (exact) mass is 416 g/mol. The highest BCUT2D eigenvalue weighted by atomic mass is 16.2. The van der Waals surface area contributed by atoms with Gasteiger partial charge in [0.05, 0.1) is 12.0 Å². The maximum atomic E-state index is 13.1. The van der Waals surface area contributed by atoms with Gasteiger partial charge in [-0.1, -0.05) is 13.3 Å². The van der Waals surface area contributed by atoms with Crippen molar-refractivity contribution in [2.45, 2.75) is 58.5 Å². The number of nitrogens with one attached hydrogen (secondary N) is 1. The number of hydrogen-bond acceptors (Lipinski definition) is 6. The fourth-order valence-electron chi connectivity index (χ4n) is 4.44. The van der Waals surface area contributed by atoms with Crippen LogP contribution in [0.25, 0.3) is 0 Å². The van der Waals surface area contributed by atoms with Gasteiger partial charge in [0.25, 0.3) is 0 Å². The Morgan fingerprint density at radius 3 is 2.50 bits per heavy atom. The molecule has 0 saturated carbocycles. The molecule has 3 heterocycles. The highest BCUT2D eigenvalue weighted by Gasteiger charge is 2.34. The molecule has 3 unspecified atom stereocenters. The van der Waals surface area contributed by atoms with Crippen LogP contribution in [-0.2, 0) is 9.59 Å². The molecular formula is C22H36N6O2. The van der Waals surface area contributed by atoms with Gasteiger partial charge in [-0.25, -0.2) is 9.97 Å². The SMILES string of the molecule is CCCC(C)NC(=O)C1CCCN(C(C)C(=O)N2CCN(c3ncccn3)CC2)C1. The average molecular weight is 417 g/mol. The molecule has 166 valence electrons. The van der Waals surface area contributed by atoms with E-state index in [2.05, 4.69) is 38.9 Å². The van der Waals surface area contributed by atoms with Gasteiger partial charge in [0.1, 0.15) is 0 Å². The largest absolute Gasteiger partial charge is 0.353 e.